The van der Waals surface area contributed by atoms with Crippen LogP contribution in [0.2, 0.25) is 5.02 Å². The first-order chi connectivity index (χ1) is 8.47. The molecule has 0 bridgehead atoms. The van der Waals surface area contributed by atoms with Crippen LogP contribution in [0.15, 0.2) is 47.2 Å². The van der Waals surface area contributed by atoms with Crippen molar-refractivity contribution in [3.8, 4) is 0 Å². The predicted molar refractivity (Wildman–Crippen MR) is 78.6 cm³/mol. The average Bonchev–Trinajstić information content (AvgIpc) is 2.28. The molecule has 1 aromatic carbocycles. The SMILES string of the molecule is CC(N)(Cc1cncc(Br)c1)c1cccc(Cl)c1. The lowest BCUT2D eigenvalue weighted by molar-refractivity contribution is 0.490. The molecule has 1 aromatic heterocycles. The predicted octanol–water partition coefficient (Wildman–Crippen LogP) is 3.91. The molecule has 2 nitrogen and oxygen atoms in total. The molecule has 0 fully saturated rings. The zero-order valence-corrected chi connectivity index (χ0v) is 12.4. The van der Waals surface area contributed by atoms with Gasteiger partial charge in [-0.3, -0.25) is 4.98 Å². The summed E-state index contributed by atoms with van der Waals surface area (Å²) in [6.45, 7) is 2.00. The maximum Gasteiger partial charge on any atom is 0.0422 e. The zero-order valence-electron chi connectivity index (χ0n) is 10.0. The van der Waals surface area contributed by atoms with Crippen molar-refractivity contribution in [3.05, 3.63) is 63.3 Å². The van der Waals surface area contributed by atoms with Gasteiger partial charge in [-0.05, 0) is 58.6 Å². The molecule has 18 heavy (non-hydrogen) atoms. The monoisotopic (exact) mass is 324 g/mol. The van der Waals surface area contributed by atoms with E-state index in [1.807, 2.05) is 43.5 Å². The summed E-state index contributed by atoms with van der Waals surface area (Å²) in [7, 11) is 0. The van der Waals surface area contributed by atoms with Gasteiger partial charge in [-0.2, -0.15) is 0 Å². The Kier molecular flexibility index (Phi) is 4.05. The summed E-state index contributed by atoms with van der Waals surface area (Å²) in [4.78, 5) is 4.15. The highest BCUT2D eigenvalue weighted by molar-refractivity contribution is 9.10. The summed E-state index contributed by atoms with van der Waals surface area (Å²) >= 11 is 9.42. The molecular formula is C14H14BrClN2. The molecule has 0 saturated heterocycles. The second-order valence-corrected chi connectivity index (χ2v) is 5.97. The molecule has 0 saturated carbocycles. The standard InChI is InChI=1S/C14H14BrClN2/c1-14(17,11-3-2-4-13(16)6-11)7-10-5-12(15)9-18-8-10/h2-6,8-9H,7,17H2,1H3. The summed E-state index contributed by atoms with van der Waals surface area (Å²) in [5, 5.41) is 0.705. The molecular weight excluding hydrogens is 312 g/mol. The zero-order chi connectivity index (χ0) is 13.2. The Morgan fingerprint density at radius 1 is 1.33 bits per heavy atom. The third-order valence-electron chi connectivity index (χ3n) is 2.82. The van der Waals surface area contributed by atoms with E-state index in [-0.39, 0.29) is 0 Å². The van der Waals surface area contributed by atoms with Gasteiger partial charge < -0.3 is 5.73 Å². The molecule has 1 heterocycles. The molecule has 4 heteroatoms. The van der Waals surface area contributed by atoms with E-state index in [1.54, 1.807) is 6.20 Å². The molecule has 0 aliphatic carbocycles. The lowest BCUT2D eigenvalue weighted by atomic mass is 9.87. The van der Waals surface area contributed by atoms with Crippen LogP contribution in [0.5, 0.6) is 0 Å². The molecule has 0 amide bonds. The van der Waals surface area contributed by atoms with E-state index in [2.05, 4.69) is 20.9 Å². The molecule has 2 aromatic rings. The van der Waals surface area contributed by atoms with Gasteiger partial charge in [0.1, 0.15) is 0 Å². The lowest BCUT2D eigenvalue weighted by Crippen LogP contribution is -2.35. The van der Waals surface area contributed by atoms with E-state index >= 15 is 0 Å². The molecule has 0 radical (unpaired) electrons. The minimum absolute atomic E-state index is 0.465. The second-order valence-electron chi connectivity index (χ2n) is 4.62. The number of halogens is 2. The molecule has 0 aliphatic rings. The van der Waals surface area contributed by atoms with Crippen molar-refractivity contribution in [2.75, 3.05) is 0 Å². The van der Waals surface area contributed by atoms with Gasteiger partial charge in [0.05, 0.1) is 0 Å². The molecule has 0 spiro atoms. The van der Waals surface area contributed by atoms with Crippen LogP contribution in [0, 0.1) is 0 Å². The highest BCUT2D eigenvalue weighted by atomic mass is 79.9. The highest BCUT2D eigenvalue weighted by Gasteiger charge is 2.22. The van der Waals surface area contributed by atoms with Crippen molar-refractivity contribution in [3.63, 3.8) is 0 Å². The Labute approximate surface area is 120 Å². The van der Waals surface area contributed by atoms with Crippen molar-refractivity contribution >= 4 is 27.5 Å². The fourth-order valence-electron chi connectivity index (χ4n) is 1.92. The third-order valence-corrected chi connectivity index (χ3v) is 3.49. The Balaban J connectivity index is 2.26. The van der Waals surface area contributed by atoms with Gasteiger partial charge >= 0.3 is 0 Å². The Hall–Kier alpha value is -0.900. The Bertz CT molecular complexity index is 555. The van der Waals surface area contributed by atoms with Crippen LogP contribution in [0.25, 0.3) is 0 Å². The van der Waals surface area contributed by atoms with E-state index < -0.39 is 5.54 Å². The first kappa shape index (κ1) is 13.5. The maximum atomic E-state index is 6.39. The van der Waals surface area contributed by atoms with Crippen LogP contribution in [-0.4, -0.2) is 4.98 Å². The van der Waals surface area contributed by atoms with Gasteiger partial charge in [-0.15, -0.1) is 0 Å². The van der Waals surface area contributed by atoms with Gasteiger partial charge in [0.2, 0.25) is 0 Å². The van der Waals surface area contributed by atoms with Gasteiger partial charge in [0, 0.05) is 27.4 Å². The second kappa shape index (κ2) is 5.39. The smallest absolute Gasteiger partial charge is 0.0422 e. The minimum atomic E-state index is -0.465. The fourth-order valence-corrected chi connectivity index (χ4v) is 2.52. The number of hydrogen-bond donors (Lipinski definition) is 1. The van der Waals surface area contributed by atoms with Crippen molar-refractivity contribution in [1.29, 1.82) is 0 Å². The maximum absolute atomic E-state index is 6.39. The molecule has 2 N–H and O–H groups in total. The van der Waals surface area contributed by atoms with E-state index in [4.69, 9.17) is 17.3 Å². The quantitative estimate of drug-likeness (QED) is 0.929. The van der Waals surface area contributed by atoms with E-state index in [1.165, 1.54) is 0 Å². The van der Waals surface area contributed by atoms with E-state index in [9.17, 15) is 0 Å². The van der Waals surface area contributed by atoms with Gasteiger partial charge in [-0.1, -0.05) is 23.7 Å². The summed E-state index contributed by atoms with van der Waals surface area (Å²) in [6, 6.07) is 9.71. The number of hydrogen-bond acceptors (Lipinski definition) is 2. The Morgan fingerprint density at radius 3 is 2.78 bits per heavy atom. The van der Waals surface area contributed by atoms with Crippen LogP contribution in [0.3, 0.4) is 0 Å². The normalized spacial score (nSPS) is 14.2. The van der Waals surface area contributed by atoms with Crippen molar-refractivity contribution < 1.29 is 0 Å². The summed E-state index contributed by atoms with van der Waals surface area (Å²) in [6.07, 6.45) is 4.30. The van der Waals surface area contributed by atoms with Crippen LogP contribution < -0.4 is 5.73 Å². The highest BCUT2D eigenvalue weighted by Crippen LogP contribution is 2.25. The first-order valence-corrected chi connectivity index (χ1v) is 6.79. The topological polar surface area (TPSA) is 38.9 Å². The van der Waals surface area contributed by atoms with E-state index in [0.717, 1.165) is 15.6 Å². The molecule has 1 unspecified atom stereocenters. The summed E-state index contributed by atoms with van der Waals surface area (Å²) < 4.78 is 0.960. The van der Waals surface area contributed by atoms with Gasteiger partial charge in [0.15, 0.2) is 0 Å². The Morgan fingerprint density at radius 2 is 2.11 bits per heavy atom. The molecule has 94 valence electrons. The molecule has 0 aliphatic heterocycles. The van der Waals surface area contributed by atoms with Crippen LogP contribution in [-0.2, 0) is 12.0 Å². The number of aromatic nitrogens is 1. The van der Waals surface area contributed by atoms with Crippen LogP contribution in [0.1, 0.15) is 18.1 Å². The van der Waals surface area contributed by atoms with E-state index in [0.29, 0.717) is 11.4 Å². The summed E-state index contributed by atoms with van der Waals surface area (Å²) in [5.74, 6) is 0. The van der Waals surface area contributed by atoms with Crippen molar-refractivity contribution in [1.82, 2.24) is 4.98 Å². The van der Waals surface area contributed by atoms with Crippen LogP contribution in [0.4, 0.5) is 0 Å². The van der Waals surface area contributed by atoms with Gasteiger partial charge in [0.25, 0.3) is 0 Å². The van der Waals surface area contributed by atoms with Crippen LogP contribution >= 0.6 is 27.5 Å². The average molecular weight is 326 g/mol. The van der Waals surface area contributed by atoms with Crippen molar-refractivity contribution in [2.24, 2.45) is 5.73 Å². The summed E-state index contributed by atoms with van der Waals surface area (Å²) in [5.41, 5.74) is 8.04. The largest absolute Gasteiger partial charge is 0.321 e. The first-order valence-electron chi connectivity index (χ1n) is 5.62. The molecule has 2 rings (SSSR count). The number of benzene rings is 1. The minimum Gasteiger partial charge on any atom is -0.321 e. The number of nitrogens with two attached hydrogens (primary N) is 1. The number of pyridine rings is 1. The number of nitrogens with zero attached hydrogens (tertiary/aromatic N) is 1. The lowest BCUT2D eigenvalue weighted by Gasteiger charge is -2.25. The third kappa shape index (κ3) is 3.31. The van der Waals surface area contributed by atoms with Crippen molar-refractivity contribution in [2.45, 2.75) is 18.9 Å². The fraction of sp³-hybridized carbons (Fsp3) is 0.214. The van der Waals surface area contributed by atoms with Gasteiger partial charge in [-0.25, -0.2) is 0 Å². The number of rotatable bonds is 3. The molecule has 1 atom stereocenters.